The van der Waals surface area contributed by atoms with Crippen LogP contribution in [-0.4, -0.2) is 18.0 Å². The Morgan fingerprint density at radius 2 is 1.95 bits per heavy atom. The predicted molar refractivity (Wildman–Crippen MR) is 79.9 cm³/mol. The number of nitrogens with zero attached hydrogens (tertiary/aromatic N) is 1. The summed E-state index contributed by atoms with van der Waals surface area (Å²) in [5.41, 5.74) is 1.25. The number of ether oxygens (including phenoxy) is 2. The van der Waals surface area contributed by atoms with Gasteiger partial charge in [-0.1, -0.05) is 24.3 Å². The van der Waals surface area contributed by atoms with Crippen LogP contribution in [0.2, 0.25) is 0 Å². The number of hydrogen-bond acceptors (Lipinski definition) is 5. The summed E-state index contributed by atoms with van der Waals surface area (Å²) >= 11 is 0. The van der Waals surface area contributed by atoms with Crippen LogP contribution in [-0.2, 0) is 11.3 Å². The Bertz CT molecular complexity index is 711. The molecule has 0 spiro atoms. The van der Waals surface area contributed by atoms with Gasteiger partial charge in [0.05, 0.1) is 17.6 Å². The molecule has 0 atom stereocenters. The molecule has 6 nitrogen and oxygen atoms in total. The van der Waals surface area contributed by atoms with Gasteiger partial charge in [0, 0.05) is 17.2 Å². The zero-order valence-corrected chi connectivity index (χ0v) is 12.2. The van der Waals surface area contributed by atoms with Crippen molar-refractivity contribution in [1.82, 2.24) is 0 Å². The molecule has 0 bridgehead atoms. The maximum absolute atomic E-state index is 12.0. The van der Waals surface area contributed by atoms with Crippen LogP contribution in [0.4, 0.5) is 5.69 Å². The average Bonchev–Trinajstić information content (AvgIpc) is 2.53. The highest BCUT2D eigenvalue weighted by Gasteiger charge is 2.16. The van der Waals surface area contributed by atoms with Gasteiger partial charge in [0.25, 0.3) is 5.69 Å². The summed E-state index contributed by atoms with van der Waals surface area (Å²) in [5.74, 6) is -0.000747. The molecule has 22 heavy (non-hydrogen) atoms. The Balaban J connectivity index is 2.13. The van der Waals surface area contributed by atoms with E-state index >= 15 is 0 Å². The van der Waals surface area contributed by atoms with Gasteiger partial charge in [-0.2, -0.15) is 0 Å². The van der Waals surface area contributed by atoms with Crippen molar-refractivity contribution in [1.29, 1.82) is 0 Å². The van der Waals surface area contributed by atoms with E-state index in [9.17, 15) is 14.9 Å². The second kappa shape index (κ2) is 6.71. The van der Waals surface area contributed by atoms with Crippen LogP contribution in [0.5, 0.6) is 5.75 Å². The molecule has 0 aromatic heterocycles. The minimum Gasteiger partial charge on any atom is -0.496 e. The number of nitro groups is 1. The molecule has 2 aromatic rings. The van der Waals surface area contributed by atoms with Crippen molar-refractivity contribution < 1.29 is 19.2 Å². The fraction of sp³-hybridized carbons (Fsp3) is 0.188. The first-order chi connectivity index (χ1) is 10.5. The highest BCUT2D eigenvalue weighted by atomic mass is 16.6. The monoisotopic (exact) mass is 301 g/mol. The van der Waals surface area contributed by atoms with Crippen molar-refractivity contribution in [2.24, 2.45) is 0 Å². The van der Waals surface area contributed by atoms with E-state index in [0.717, 1.165) is 5.56 Å². The van der Waals surface area contributed by atoms with Crippen LogP contribution in [0.25, 0.3) is 0 Å². The Hall–Kier alpha value is -2.89. The molecular weight excluding hydrogens is 286 g/mol. The standard InChI is InChI=1S/C16H15NO5/c1-11-7-8-12(9-14(11)17(19)20)16(18)22-10-13-5-3-4-6-15(13)21-2/h3-9H,10H2,1-2H3. The maximum Gasteiger partial charge on any atom is 0.338 e. The summed E-state index contributed by atoms with van der Waals surface area (Å²) in [7, 11) is 1.53. The van der Waals surface area contributed by atoms with Gasteiger partial charge in [0.1, 0.15) is 12.4 Å². The van der Waals surface area contributed by atoms with Crippen LogP contribution in [0, 0.1) is 17.0 Å². The van der Waals surface area contributed by atoms with Gasteiger partial charge < -0.3 is 9.47 Å². The van der Waals surface area contributed by atoms with Crippen molar-refractivity contribution in [2.45, 2.75) is 13.5 Å². The summed E-state index contributed by atoms with van der Waals surface area (Å²) in [6, 6.07) is 11.4. The van der Waals surface area contributed by atoms with Gasteiger partial charge in [-0.05, 0) is 19.1 Å². The lowest BCUT2D eigenvalue weighted by Crippen LogP contribution is -2.07. The number of methoxy groups -OCH3 is 1. The number of carbonyl (C=O) groups is 1. The van der Waals surface area contributed by atoms with Crippen molar-refractivity contribution in [3.63, 3.8) is 0 Å². The lowest BCUT2D eigenvalue weighted by molar-refractivity contribution is -0.385. The first-order valence-corrected chi connectivity index (χ1v) is 6.57. The molecule has 0 aliphatic rings. The van der Waals surface area contributed by atoms with Crippen LogP contribution in [0.15, 0.2) is 42.5 Å². The van der Waals surface area contributed by atoms with E-state index in [2.05, 4.69) is 0 Å². The third-order valence-electron chi connectivity index (χ3n) is 3.19. The summed E-state index contributed by atoms with van der Waals surface area (Å²) in [4.78, 5) is 22.4. The van der Waals surface area contributed by atoms with Crippen molar-refractivity contribution in [3.8, 4) is 5.75 Å². The highest BCUT2D eigenvalue weighted by molar-refractivity contribution is 5.90. The van der Waals surface area contributed by atoms with Gasteiger partial charge in [-0.25, -0.2) is 4.79 Å². The highest BCUT2D eigenvalue weighted by Crippen LogP contribution is 2.21. The van der Waals surface area contributed by atoms with E-state index in [4.69, 9.17) is 9.47 Å². The number of para-hydroxylation sites is 1. The van der Waals surface area contributed by atoms with Gasteiger partial charge in [-0.15, -0.1) is 0 Å². The van der Waals surface area contributed by atoms with Crippen LogP contribution < -0.4 is 4.74 Å². The van der Waals surface area contributed by atoms with E-state index in [1.165, 1.54) is 25.3 Å². The van der Waals surface area contributed by atoms with Gasteiger partial charge in [-0.3, -0.25) is 10.1 Å². The molecule has 6 heteroatoms. The number of nitro benzene ring substituents is 1. The fourth-order valence-electron chi connectivity index (χ4n) is 1.98. The normalized spacial score (nSPS) is 10.1. The lowest BCUT2D eigenvalue weighted by atomic mass is 10.1. The number of aryl methyl sites for hydroxylation is 1. The first kappa shape index (κ1) is 15.5. The molecule has 0 fully saturated rings. The summed E-state index contributed by atoms with van der Waals surface area (Å²) in [6.07, 6.45) is 0. The largest absolute Gasteiger partial charge is 0.496 e. The van der Waals surface area contributed by atoms with Crippen molar-refractivity contribution in [2.75, 3.05) is 7.11 Å². The molecule has 0 saturated carbocycles. The third-order valence-corrected chi connectivity index (χ3v) is 3.19. The van der Waals surface area contributed by atoms with Gasteiger partial charge in [0.15, 0.2) is 0 Å². The Kier molecular flexibility index (Phi) is 4.73. The van der Waals surface area contributed by atoms with Crippen LogP contribution >= 0.6 is 0 Å². The summed E-state index contributed by atoms with van der Waals surface area (Å²) in [5, 5.41) is 10.9. The first-order valence-electron chi connectivity index (χ1n) is 6.57. The quantitative estimate of drug-likeness (QED) is 0.481. The second-order valence-corrected chi connectivity index (χ2v) is 4.65. The third kappa shape index (κ3) is 3.41. The molecule has 0 amide bonds. The molecule has 2 aromatic carbocycles. The number of carbonyl (C=O) groups excluding carboxylic acids is 1. The van der Waals surface area contributed by atoms with Crippen molar-refractivity contribution >= 4 is 11.7 Å². The number of benzene rings is 2. The minimum atomic E-state index is -0.617. The van der Waals surface area contributed by atoms with Gasteiger partial charge >= 0.3 is 5.97 Å². The predicted octanol–water partition coefficient (Wildman–Crippen LogP) is 3.27. The smallest absolute Gasteiger partial charge is 0.338 e. The zero-order valence-electron chi connectivity index (χ0n) is 12.2. The van der Waals surface area contributed by atoms with Crippen molar-refractivity contribution in [3.05, 3.63) is 69.3 Å². The molecule has 0 N–H and O–H groups in total. The number of esters is 1. The Morgan fingerprint density at radius 1 is 1.23 bits per heavy atom. The molecule has 0 unspecified atom stereocenters. The summed E-state index contributed by atoms with van der Waals surface area (Å²) in [6.45, 7) is 1.65. The summed E-state index contributed by atoms with van der Waals surface area (Å²) < 4.78 is 10.4. The average molecular weight is 301 g/mol. The molecule has 0 heterocycles. The molecule has 0 aliphatic carbocycles. The molecule has 0 aliphatic heterocycles. The SMILES string of the molecule is COc1ccccc1COC(=O)c1ccc(C)c([N+](=O)[O-])c1. The Labute approximate surface area is 127 Å². The van der Waals surface area contributed by atoms with E-state index in [-0.39, 0.29) is 17.9 Å². The molecule has 0 saturated heterocycles. The van der Waals surface area contributed by atoms with Crippen LogP contribution in [0.1, 0.15) is 21.5 Å². The van der Waals surface area contributed by atoms with E-state index in [1.54, 1.807) is 19.1 Å². The molecular formula is C16H15NO5. The maximum atomic E-state index is 12.0. The topological polar surface area (TPSA) is 78.7 Å². The molecule has 114 valence electrons. The minimum absolute atomic E-state index is 0.0323. The molecule has 2 rings (SSSR count). The Morgan fingerprint density at radius 3 is 2.64 bits per heavy atom. The van der Waals surface area contributed by atoms with Gasteiger partial charge in [0.2, 0.25) is 0 Å². The van der Waals surface area contributed by atoms with E-state index < -0.39 is 10.9 Å². The second-order valence-electron chi connectivity index (χ2n) is 4.65. The lowest BCUT2D eigenvalue weighted by Gasteiger charge is -2.09. The van der Waals surface area contributed by atoms with Crippen LogP contribution in [0.3, 0.4) is 0 Å². The fourth-order valence-corrected chi connectivity index (χ4v) is 1.98. The number of rotatable bonds is 5. The van der Waals surface area contributed by atoms with E-state index in [0.29, 0.717) is 11.3 Å². The van der Waals surface area contributed by atoms with E-state index in [1.807, 2.05) is 12.1 Å². The zero-order chi connectivity index (χ0) is 16.1. The molecule has 0 radical (unpaired) electrons. The number of hydrogen-bond donors (Lipinski definition) is 0.